The van der Waals surface area contributed by atoms with Crippen LogP contribution in [0.25, 0.3) is 0 Å². The fourth-order valence-electron chi connectivity index (χ4n) is 6.11. The van der Waals surface area contributed by atoms with Crippen LogP contribution in [0, 0.1) is 17.8 Å². The summed E-state index contributed by atoms with van der Waals surface area (Å²) in [4.78, 5) is 14.8. The van der Waals surface area contributed by atoms with Crippen molar-refractivity contribution >= 4 is 5.91 Å². The number of nitrogens with one attached hydrogen (secondary N) is 1. The second-order valence-corrected chi connectivity index (χ2v) is 8.07. The molecule has 0 aromatic carbocycles. The van der Waals surface area contributed by atoms with Gasteiger partial charge in [-0.15, -0.1) is 0 Å². The topological polar surface area (TPSA) is 32.3 Å². The third-order valence-electron chi connectivity index (χ3n) is 6.46. The Morgan fingerprint density at radius 1 is 1.14 bits per heavy atom. The first-order valence-electron chi connectivity index (χ1n) is 8.79. The van der Waals surface area contributed by atoms with Gasteiger partial charge in [-0.05, 0) is 75.7 Å². The predicted octanol–water partition coefficient (Wildman–Crippen LogP) is 2.51. The van der Waals surface area contributed by atoms with Crippen LogP contribution in [-0.4, -0.2) is 42.2 Å². The minimum Gasteiger partial charge on any atom is -0.349 e. The molecule has 5 aliphatic rings. The SMILES string of the molecule is O=C(NC12CC3CC(CC(C3)C1)C2)[C@H]1CCCN1CCF. The van der Waals surface area contributed by atoms with E-state index in [1.807, 2.05) is 4.90 Å². The van der Waals surface area contributed by atoms with Crippen LogP contribution in [-0.2, 0) is 4.79 Å². The van der Waals surface area contributed by atoms with Gasteiger partial charge in [-0.1, -0.05) is 0 Å². The van der Waals surface area contributed by atoms with E-state index in [-0.39, 0.29) is 24.2 Å². The first-order chi connectivity index (χ1) is 10.2. The zero-order valence-corrected chi connectivity index (χ0v) is 12.8. The molecule has 4 aliphatic carbocycles. The van der Waals surface area contributed by atoms with Crippen molar-refractivity contribution in [2.24, 2.45) is 17.8 Å². The molecule has 118 valence electrons. The Balaban J connectivity index is 1.44. The fraction of sp³-hybridized carbons (Fsp3) is 0.941. The number of rotatable bonds is 4. The van der Waals surface area contributed by atoms with Crippen molar-refractivity contribution in [3.05, 3.63) is 0 Å². The van der Waals surface area contributed by atoms with Crippen molar-refractivity contribution < 1.29 is 9.18 Å². The number of amides is 1. The highest BCUT2D eigenvalue weighted by molar-refractivity contribution is 5.82. The van der Waals surface area contributed by atoms with Crippen molar-refractivity contribution in [1.82, 2.24) is 10.2 Å². The molecule has 3 nitrogen and oxygen atoms in total. The monoisotopic (exact) mass is 294 g/mol. The van der Waals surface area contributed by atoms with Gasteiger partial charge in [0, 0.05) is 12.1 Å². The van der Waals surface area contributed by atoms with Crippen molar-refractivity contribution in [2.75, 3.05) is 19.8 Å². The van der Waals surface area contributed by atoms with Crippen LogP contribution in [0.2, 0.25) is 0 Å². The smallest absolute Gasteiger partial charge is 0.237 e. The summed E-state index contributed by atoms with van der Waals surface area (Å²) in [5.74, 6) is 2.73. The maximum Gasteiger partial charge on any atom is 0.237 e. The number of carbonyl (C=O) groups excluding carboxylic acids is 1. The standard InChI is InChI=1S/C17H27FN2O/c18-3-5-20-4-1-2-15(20)16(21)19-17-9-12-6-13(10-17)8-14(7-12)11-17/h12-15H,1-11H2,(H,19,21)/t12?,13?,14?,15-,17?/m1/s1. The Bertz CT molecular complexity index is 390. The molecule has 0 unspecified atom stereocenters. The van der Waals surface area contributed by atoms with Crippen LogP contribution in [0.4, 0.5) is 4.39 Å². The van der Waals surface area contributed by atoms with Crippen LogP contribution in [0.5, 0.6) is 0 Å². The number of likely N-dealkylation sites (tertiary alicyclic amines) is 1. The van der Waals surface area contributed by atoms with E-state index in [9.17, 15) is 9.18 Å². The van der Waals surface area contributed by atoms with E-state index >= 15 is 0 Å². The minimum atomic E-state index is -0.346. The quantitative estimate of drug-likeness (QED) is 0.864. The highest BCUT2D eigenvalue weighted by Crippen LogP contribution is 2.55. The number of nitrogens with zero attached hydrogens (tertiary/aromatic N) is 1. The molecule has 5 rings (SSSR count). The molecule has 21 heavy (non-hydrogen) atoms. The number of alkyl halides is 1. The lowest BCUT2D eigenvalue weighted by Crippen LogP contribution is -2.62. The van der Waals surface area contributed by atoms with Crippen LogP contribution in [0.3, 0.4) is 0 Å². The largest absolute Gasteiger partial charge is 0.349 e. The minimum absolute atomic E-state index is 0.0752. The summed E-state index contributed by atoms with van der Waals surface area (Å²) in [6, 6.07) is -0.0752. The molecule has 1 saturated heterocycles. The summed E-state index contributed by atoms with van der Waals surface area (Å²) in [6.07, 6.45) is 9.70. The van der Waals surface area contributed by atoms with Crippen LogP contribution >= 0.6 is 0 Å². The van der Waals surface area contributed by atoms with Gasteiger partial charge in [0.2, 0.25) is 5.91 Å². The lowest BCUT2D eigenvalue weighted by atomic mass is 9.53. The zero-order chi connectivity index (χ0) is 14.4. The Morgan fingerprint density at radius 3 is 2.33 bits per heavy atom. The van der Waals surface area contributed by atoms with Crippen LogP contribution in [0.15, 0.2) is 0 Å². The van der Waals surface area contributed by atoms with E-state index < -0.39 is 0 Å². The summed E-state index contributed by atoms with van der Waals surface area (Å²) in [6.45, 7) is 0.947. The molecule has 1 heterocycles. The zero-order valence-electron chi connectivity index (χ0n) is 12.8. The Hall–Kier alpha value is -0.640. The molecule has 0 aromatic rings. The van der Waals surface area contributed by atoms with Crippen LogP contribution in [0.1, 0.15) is 51.4 Å². The lowest BCUT2D eigenvalue weighted by molar-refractivity contribution is -0.131. The van der Waals surface area contributed by atoms with Crippen molar-refractivity contribution in [3.8, 4) is 0 Å². The molecule has 4 heteroatoms. The van der Waals surface area contributed by atoms with Gasteiger partial charge in [0.1, 0.15) is 6.67 Å². The molecule has 0 radical (unpaired) electrons. The van der Waals surface area contributed by atoms with Crippen molar-refractivity contribution in [2.45, 2.75) is 62.9 Å². The van der Waals surface area contributed by atoms with Gasteiger partial charge in [0.15, 0.2) is 0 Å². The maximum atomic E-state index is 12.7. The highest BCUT2D eigenvalue weighted by Gasteiger charge is 2.52. The van der Waals surface area contributed by atoms with E-state index in [4.69, 9.17) is 0 Å². The molecule has 0 aromatic heterocycles. The maximum absolute atomic E-state index is 12.7. The fourth-order valence-corrected chi connectivity index (χ4v) is 6.11. The second-order valence-electron chi connectivity index (χ2n) is 8.07. The summed E-state index contributed by atoms with van der Waals surface area (Å²) in [7, 11) is 0. The van der Waals surface area contributed by atoms with Gasteiger partial charge < -0.3 is 5.32 Å². The average Bonchev–Trinajstić information content (AvgIpc) is 2.85. The van der Waals surface area contributed by atoms with E-state index in [1.54, 1.807) is 0 Å². The number of halogens is 1. The summed E-state index contributed by atoms with van der Waals surface area (Å²) in [5.41, 5.74) is 0.0931. The first-order valence-corrected chi connectivity index (χ1v) is 8.79. The molecular weight excluding hydrogens is 267 g/mol. The average molecular weight is 294 g/mol. The first kappa shape index (κ1) is 14.0. The molecule has 1 aliphatic heterocycles. The summed E-state index contributed by atoms with van der Waals surface area (Å²) >= 11 is 0. The molecule has 5 fully saturated rings. The van der Waals surface area contributed by atoms with E-state index in [0.29, 0.717) is 6.54 Å². The molecule has 4 saturated carbocycles. The van der Waals surface area contributed by atoms with E-state index in [2.05, 4.69) is 5.32 Å². The van der Waals surface area contributed by atoms with Gasteiger partial charge in [0.05, 0.1) is 6.04 Å². The predicted molar refractivity (Wildman–Crippen MR) is 79.6 cm³/mol. The highest BCUT2D eigenvalue weighted by atomic mass is 19.1. The molecule has 0 spiro atoms. The Kier molecular flexibility index (Phi) is 3.48. The van der Waals surface area contributed by atoms with Crippen molar-refractivity contribution in [3.63, 3.8) is 0 Å². The number of hydrogen-bond acceptors (Lipinski definition) is 2. The Morgan fingerprint density at radius 2 is 1.76 bits per heavy atom. The molecule has 1 N–H and O–H groups in total. The van der Waals surface area contributed by atoms with E-state index in [0.717, 1.165) is 37.1 Å². The Labute approximate surface area is 126 Å². The molecule has 4 bridgehead atoms. The lowest BCUT2D eigenvalue weighted by Gasteiger charge is -2.57. The molecule has 1 amide bonds. The van der Waals surface area contributed by atoms with Gasteiger partial charge in [-0.2, -0.15) is 0 Å². The summed E-state index contributed by atoms with van der Waals surface area (Å²) in [5, 5.41) is 3.45. The normalized spacial score (nSPS) is 45.2. The van der Waals surface area contributed by atoms with Gasteiger partial charge in [0.25, 0.3) is 0 Å². The number of carbonyl (C=O) groups is 1. The second kappa shape index (κ2) is 5.22. The third kappa shape index (κ3) is 2.49. The molecule has 1 atom stereocenters. The third-order valence-corrected chi connectivity index (χ3v) is 6.46. The molecular formula is C17H27FN2O. The number of hydrogen-bond donors (Lipinski definition) is 1. The van der Waals surface area contributed by atoms with Gasteiger partial charge >= 0.3 is 0 Å². The van der Waals surface area contributed by atoms with Gasteiger partial charge in [-0.3, -0.25) is 9.69 Å². The van der Waals surface area contributed by atoms with Gasteiger partial charge in [-0.25, -0.2) is 4.39 Å². The summed E-state index contributed by atoms with van der Waals surface area (Å²) < 4.78 is 12.6. The van der Waals surface area contributed by atoms with Crippen molar-refractivity contribution in [1.29, 1.82) is 0 Å². The van der Waals surface area contributed by atoms with Crippen LogP contribution < -0.4 is 5.32 Å². The van der Waals surface area contributed by atoms with E-state index in [1.165, 1.54) is 38.5 Å².